The lowest BCUT2D eigenvalue weighted by molar-refractivity contribution is 0.282. The van der Waals surface area contributed by atoms with Crippen LogP contribution in [0, 0.1) is 12.3 Å². The number of aromatic nitrogens is 3. The van der Waals surface area contributed by atoms with Crippen molar-refractivity contribution in [2.75, 3.05) is 5.32 Å². The SMILES string of the molecule is C#Cc1c(-c2c(Cl)cccc2Cl)c(=O)n(C)c2nc(Nc3cccc(CO)c3)ncc12. The highest BCUT2D eigenvalue weighted by molar-refractivity contribution is 6.39. The van der Waals surface area contributed by atoms with Gasteiger partial charge in [0.25, 0.3) is 5.56 Å². The zero-order valence-electron chi connectivity index (χ0n) is 16.4. The van der Waals surface area contributed by atoms with Gasteiger partial charge in [0, 0.05) is 24.5 Å². The van der Waals surface area contributed by atoms with Crippen LogP contribution in [0.25, 0.3) is 22.2 Å². The standard InChI is InChI=1S/C23H16Cl2N4O2/c1-3-15-16-11-26-23(27-14-7-4-6-13(10-14)12-30)28-21(16)29(2)22(31)19(15)20-17(24)8-5-9-18(20)25/h1,4-11,30H,12H2,2H3,(H,26,27,28). The summed E-state index contributed by atoms with van der Waals surface area (Å²) in [7, 11) is 1.60. The van der Waals surface area contributed by atoms with Crippen molar-refractivity contribution in [2.45, 2.75) is 6.61 Å². The molecule has 6 nitrogen and oxygen atoms in total. The van der Waals surface area contributed by atoms with Crippen molar-refractivity contribution in [1.29, 1.82) is 0 Å². The molecule has 0 saturated carbocycles. The van der Waals surface area contributed by atoms with Gasteiger partial charge in [-0.05, 0) is 29.8 Å². The number of pyridine rings is 1. The van der Waals surface area contributed by atoms with E-state index in [1.54, 1.807) is 49.6 Å². The molecular formula is C23H16Cl2N4O2. The topological polar surface area (TPSA) is 80.0 Å². The van der Waals surface area contributed by atoms with Crippen LogP contribution in [-0.4, -0.2) is 19.6 Å². The Morgan fingerprint density at radius 2 is 1.87 bits per heavy atom. The zero-order chi connectivity index (χ0) is 22.1. The zero-order valence-corrected chi connectivity index (χ0v) is 17.9. The molecule has 154 valence electrons. The van der Waals surface area contributed by atoms with Crippen molar-refractivity contribution < 1.29 is 5.11 Å². The minimum atomic E-state index is -0.373. The number of hydrogen-bond acceptors (Lipinski definition) is 5. The summed E-state index contributed by atoms with van der Waals surface area (Å²) in [6.45, 7) is -0.0818. The quantitative estimate of drug-likeness (QED) is 0.446. The Balaban J connectivity index is 1.92. The van der Waals surface area contributed by atoms with Gasteiger partial charge in [-0.25, -0.2) is 4.98 Å². The average Bonchev–Trinajstić information content (AvgIpc) is 2.77. The molecular weight excluding hydrogens is 435 g/mol. The van der Waals surface area contributed by atoms with Crippen molar-refractivity contribution >= 4 is 45.9 Å². The Morgan fingerprint density at radius 3 is 2.55 bits per heavy atom. The molecule has 0 radical (unpaired) electrons. The number of aryl methyl sites for hydroxylation is 1. The summed E-state index contributed by atoms with van der Waals surface area (Å²) in [5.41, 5.74) is 2.36. The first kappa shape index (κ1) is 20.9. The Kier molecular flexibility index (Phi) is 5.66. The molecule has 31 heavy (non-hydrogen) atoms. The molecule has 0 unspecified atom stereocenters. The number of rotatable bonds is 4. The Morgan fingerprint density at radius 1 is 1.16 bits per heavy atom. The molecule has 0 bridgehead atoms. The molecule has 0 atom stereocenters. The molecule has 8 heteroatoms. The smallest absolute Gasteiger partial charge is 0.261 e. The number of hydrogen-bond donors (Lipinski definition) is 2. The van der Waals surface area contributed by atoms with E-state index >= 15 is 0 Å². The number of fused-ring (bicyclic) bond motifs is 1. The van der Waals surface area contributed by atoms with E-state index in [-0.39, 0.29) is 23.7 Å². The van der Waals surface area contributed by atoms with Gasteiger partial charge in [0.2, 0.25) is 5.95 Å². The van der Waals surface area contributed by atoms with E-state index in [9.17, 15) is 9.90 Å². The summed E-state index contributed by atoms with van der Waals surface area (Å²) in [5.74, 6) is 2.87. The van der Waals surface area contributed by atoms with Crippen LogP contribution in [-0.2, 0) is 13.7 Å². The van der Waals surface area contributed by atoms with Gasteiger partial charge >= 0.3 is 0 Å². The maximum absolute atomic E-state index is 13.3. The van der Waals surface area contributed by atoms with Crippen molar-refractivity contribution in [1.82, 2.24) is 14.5 Å². The molecule has 0 amide bonds. The first-order valence-electron chi connectivity index (χ1n) is 9.22. The molecule has 0 aliphatic carbocycles. The molecule has 0 aliphatic rings. The number of terminal acetylenes is 1. The van der Waals surface area contributed by atoms with Gasteiger partial charge in [-0.1, -0.05) is 47.3 Å². The van der Waals surface area contributed by atoms with Gasteiger partial charge in [-0.15, -0.1) is 6.42 Å². The third kappa shape index (κ3) is 3.75. The van der Waals surface area contributed by atoms with Crippen LogP contribution in [0.3, 0.4) is 0 Å². The van der Waals surface area contributed by atoms with Gasteiger partial charge in [0.05, 0.1) is 33.2 Å². The van der Waals surface area contributed by atoms with E-state index in [1.165, 1.54) is 4.57 Å². The first-order chi connectivity index (χ1) is 14.9. The minimum Gasteiger partial charge on any atom is -0.392 e. The molecule has 0 fully saturated rings. The van der Waals surface area contributed by atoms with Gasteiger partial charge in [-0.2, -0.15) is 4.98 Å². The largest absolute Gasteiger partial charge is 0.392 e. The van der Waals surface area contributed by atoms with Gasteiger partial charge < -0.3 is 10.4 Å². The molecule has 0 aliphatic heterocycles. The average molecular weight is 451 g/mol. The Hall–Kier alpha value is -3.37. The minimum absolute atomic E-state index is 0.0818. The van der Waals surface area contributed by atoms with Crippen molar-refractivity contribution in [3.05, 3.63) is 80.2 Å². The van der Waals surface area contributed by atoms with Gasteiger partial charge in [-0.3, -0.25) is 9.36 Å². The second kappa shape index (κ2) is 8.40. The van der Waals surface area contributed by atoms with Crippen LogP contribution in [0.1, 0.15) is 11.1 Å². The highest BCUT2D eigenvalue weighted by Gasteiger charge is 2.21. The Labute approximate surface area is 188 Å². The van der Waals surface area contributed by atoms with Crippen molar-refractivity contribution in [3.63, 3.8) is 0 Å². The van der Waals surface area contributed by atoms with E-state index in [2.05, 4.69) is 21.2 Å². The molecule has 0 spiro atoms. The monoisotopic (exact) mass is 450 g/mol. The molecule has 2 heterocycles. The van der Waals surface area contributed by atoms with Crippen LogP contribution >= 0.6 is 23.2 Å². The van der Waals surface area contributed by atoms with E-state index in [4.69, 9.17) is 29.6 Å². The lowest BCUT2D eigenvalue weighted by atomic mass is 9.99. The van der Waals surface area contributed by atoms with Crippen LogP contribution in [0.2, 0.25) is 10.0 Å². The summed E-state index contributed by atoms with van der Waals surface area (Å²) in [5, 5.41) is 13.6. The van der Waals surface area contributed by atoms with Crippen LogP contribution in [0.5, 0.6) is 0 Å². The lowest BCUT2D eigenvalue weighted by Gasteiger charge is -2.15. The lowest BCUT2D eigenvalue weighted by Crippen LogP contribution is -2.22. The number of aliphatic hydroxyl groups excluding tert-OH is 1. The fourth-order valence-electron chi connectivity index (χ4n) is 3.37. The fourth-order valence-corrected chi connectivity index (χ4v) is 3.95. The fraction of sp³-hybridized carbons (Fsp3) is 0.0870. The number of nitrogens with zero attached hydrogens (tertiary/aromatic N) is 3. The predicted molar refractivity (Wildman–Crippen MR) is 124 cm³/mol. The normalized spacial score (nSPS) is 10.8. The van der Waals surface area contributed by atoms with E-state index in [1.807, 2.05) is 6.07 Å². The molecule has 4 rings (SSSR count). The third-order valence-corrected chi connectivity index (χ3v) is 5.48. The van der Waals surface area contributed by atoms with Crippen LogP contribution < -0.4 is 10.9 Å². The predicted octanol–water partition coefficient (Wildman–Crippen LogP) is 4.52. The van der Waals surface area contributed by atoms with Crippen molar-refractivity contribution in [3.8, 4) is 23.5 Å². The van der Waals surface area contributed by atoms with Crippen LogP contribution in [0.15, 0.2) is 53.5 Å². The van der Waals surface area contributed by atoms with Crippen LogP contribution in [0.4, 0.5) is 11.6 Å². The number of nitrogens with one attached hydrogen (secondary N) is 1. The summed E-state index contributed by atoms with van der Waals surface area (Å²) in [4.78, 5) is 22.1. The van der Waals surface area contributed by atoms with Gasteiger partial charge in [0.1, 0.15) is 5.65 Å². The second-order valence-corrected chi connectivity index (χ2v) is 7.58. The third-order valence-electron chi connectivity index (χ3n) is 4.85. The molecule has 2 aromatic heterocycles. The second-order valence-electron chi connectivity index (χ2n) is 6.77. The number of halogens is 2. The molecule has 0 saturated heterocycles. The highest BCUT2D eigenvalue weighted by atomic mass is 35.5. The maximum Gasteiger partial charge on any atom is 0.261 e. The summed E-state index contributed by atoms with van der Waals surface area (Å²) in [6, 6.07) is 12.2. The first-order valence-corrected chi connectivity index (χ1v) is 9.97. The molecule has 2 aromatic carbocycles. The number of benzene rings is 2. The highest BCUT2D eigenvalue weighted by Crippen LogP contribution is 2.36. The molecule has 4 aromatic rings. The Bertz CT molecular complexity index is 1400. The van der Waals surface area contributed by atoms with E-state index in [0.29, 0.717) is 37.9 Å². The van der Waals surface area contributed by atoms with E-state index in [0.717, 1.165) is 5.56 Å². The van der Waals surface area contributed by atoms with E-state index < -0.39 is 0 Å². The van der Waals surface area contributed by atoms with Gasteiger partial charge in [0.15, 0.2) is 0 Å². The number of anilines is 2. The summed E-state index contributed by atoms with van der Waals surface area (Å²) >= 11 is 12.7. The summed E-state index contributed by atoms with van der Waals surface area (Å²) in [6.07, 6.45) is 7.35. The molecule has 2 N–H and O–H groups in total. The maximum atomic E-state index is 13.3. The number of aliphatic hydroxyl groups is 1. The summed E-state index contributed by atoms with van der Waals surface area (Å²) < 4.78 is 1.39. The van der Waals surface area contributed by atoms with Crippen molar-refractivity contribution in [2.24, 2.45) is 7.05 Å².